The number of amides is 4. The number of urea groups is 1. The number of ether oxygens (including phenoxy) is 1. The lowest BCUT2D eigenvalue weighted by Gasteiger charge is -2.19. The highest BCUT2D eigenvalue weighted by atomic mass is 35.5. The van der Waals surface area contributed by atoms with Crippen molar-refractivity contribution >= 4 is 35.4 Å². The Labute approximate surface area is 143 Å². The minimum absolute atomic E-state index is 0.223. The Balaban J connectivity index is 1.90. The van der Waals surface area contributed by atoms with Crippen LogP contribution in [0.4, 0.5) is 4.79 Å². The quantitative estimate of drug-likeness (QED) is 0.612. The molecule has 1 saturated heterocycles. The number of nitrogens with one attached hydrogen (secondary N) is 2. The molecule has 0 spiro atoms. The van der Waals surface area contributed by atoms with E-state index in [9.17, 15) is 19.2 Å². The average Bonchev–Trinajstić information content (AvgIpc) is 2.77. The van der Waals surface area contributed by atoms with E-state index in [-0.39, 0.29) is 5.56 Å². The summed E-state index contributed by atoms with van der Waals surface area (Å²) in [4.78, 5) is 47.4. The van der Waals surface area contributed by atoms with E-state index in [4.69, 9.17) is 16.3 Å². The van der Waals surface area contributed by atoms with Crippen LogP contribution in [0.1, 0.15) is 30.6 Å². The molecule has 1 fully saturated rings. The van der Waals surface area contributed by atoms with Gasteiger partial charge in [-0.2, -0.15) is 5.01 Å². The number of benzene rings is 1. The zero-order chi connectivity index (χ0) is 17.9. The van der Waals surface area contributed by atoms with E-state index >= 15 is 0 Å². The number of nitrogens with zero attached hydrogens (tertiary/aromatic N) is 1. The van der Waals surface area contributed by atoms with Crippen LogP contribution in [0.5, 0.6) is 0 Å². The smallest absolute Gasteiger partial charge is 0.344 e. The fraction of sp³-hybridized carbons (Fsp3) is 0.333. The van der Waals surface area contributed by atoms with E-state index < -0.39 is 36.0 Å². The molecule has 0 radical (unpaired) electrons. The summed E-state index contributed by atoms with van der Waals surface area (Å²) in [6.07, 6.45) is 0.371. The number of esters is 1. The van der Waals surface area contributed by atoms with E-state index in [1.54, 1.807) is 13.8 Å². The summed E-state index contributed by atoms with van der Waals surface area (Å²) in [5.41, 5.74) is 1.28. The number of halogens is 1. The second kappa shape index (κ2) is 6.88. The fourth-order valence-corrected chi connectivity index (χ4v) is 2.11. The summed E-state index contributed by atoms with van der Waals surface area (Å²) < 4.78 is 4.83. The molecule has 0 saturated carbocycles. The lowest BCUT2D eigenvalue weighted by molar-refractivity contribution is -0.139. The van der Waals surface area contributed by atoms with Gasteiger partial charge in [0.1, 0.15) is 5.54 Å². The molecule has 1 aromatic rings. The number of hydrogen-bond acceptors (Lipinski definition) is 5. The van der Waals surface area contributed by atoms with Gasteiger partial charge in [0, 0.05) is 5.02 Å². The third-order valence-corrected chi connectivity index (χ3v) is 3.87. The van der Waals surface area contributed by atoms with Crippen molar-refractivity contribution in [2.24, 2.45) is 0 Å². The molecule has 0 bridgehead atoms. The summed E-state index contributed by atoms with van der Waals surface area (Å²) in [6, 6.07) is 5.19. The van der Waals surface area contributed by atoms with Gasteiger partial charge >= 0.3 is 12.0 Å². The SMILES string of the molecule is CC[C@]1(C)NC(=O)N(NC(=O)COC(=O)c2ccc(Cl)cc2)C1=O. The molecule has 1 aliphatic heterocycles. The molecule has 2 N–H and O–H groups in total. The molecule has 2 rings (SSSR count). The van der Waals surface area contributed by atoms with Crippen molar-refractivity contribution in [2.45, 2.75) is 25.8 Å². The molecule has 0 unspecified atom stereocenters. The van der Waals surface area contributed by atoms with E-state index in [1.165, 1.54) is 24.3 Å². The van der Waals surface area contributed by atoms with Gasteiger partial charge < -0.3 is 10.1 Å². The zero-order valence-electron chi connectivity index (χ0n) is 13.1. The maximum Gasteiger partial charge on any atom is 0.344 e. The van der Waals surface area contributed by atoms with Gasteiger partial charge in [0.15, 0.2) is 6.61 Å². The summed E-state index contributed by atoms with van der Waals surface area (Å²) in [6.45, 7) is 2.65. The molecule has 24 heavy (non-hydrogen) atoms. The number of imide groups is 1. The molecule has 1 heterocycles. The lowest BCUT2D eigenvalue weighted by atomic mass is 10.00. The van der Waals surface area contributed by atoms with Crippen molar-refractivity contribution in [1.29, 1.82) is 0 Å². The maximum absolute atomic E-state index is 12.1. The summed E-state index contributed by atoms with van der Waals surface area (Å²) in [5, 5.41) is 3.53. The number of rotatable bonds is 5. The first-order valence-corrected chi connectivity index (χ1v) is 7.53. The third kappa shape index (κ3) is 3.65. The highest BCUT2D eigenvalue weighted by molar-refractivity contribution is 6.30. The van der Waals surface area contributed by atoms with E-state index in [1.807, 2.05) is 0 Å². The minimum Gasteiger partial charge on any atom is -0.452 e. The second-order valence-corrected chi connectivity index (χ2v) is 5.81. The Hall–Kier alpha value is -2.61. The standard InChI is InChI=1S/C15H16ClN3O5/c1-3-15(2)13(22)19(14(23)17-15)18-11(20)8-24-12(21)9-4-6-10(16)7-5-9/h4-7H,3,8H2,1-2H3,(H,17,23)(H,18,20)/t15-/m0/s1. The van der Waals surface area contributed by atoms with Gasteiger partial charge in [0.2, 0.25) is 0 Å². The first kappa shape index (κ1) is 17.7. The van der Waals surface area contributed by atoms with E-state index in [2.05, 4.69) is 10.7 Å². The van der Waals surface area contributed by atoms with Crippen molar-refractivity contribution < 1.29 is 23.9 Å². The first-order chi connectivity index (χ1) is 11.3. The maximum atomic E-state index is 12.1. The molecule has 8 nitrogen and oxygen atoms in total. The van der Waals surface area contributed by atoms with Gasteiger partial charge in [0.05, 0.1) is 5.56 Å². The van der Waals surface area contributed by atoms with Gasteiger partial charge in [-0.05, 0) is 37.6 Å². The molecule has 4 amide bonds. The van der Waals surface area contributed by atoms with Crippen LogP contribution in [0.25, 0.3) is 0 Å². The number of carbonyl (C=O) groups excluding carboxylic acids is 4. The van der Waals surface area contributed by atoms with Crippen molar-refractivity contribution in [3.05, 3.63) is 34.9 Å². The molecule has 0 aliphatic carbocycles. The van der Waals surface area contributed by atoms with Crippen LogP contribution in [0, 0.1) is 0 Å². The van der Waals surface area contributed by atoms with Crippen LogP contribution >= 0.6 is 11.6 Å². The Kier molecular flexibility index (Phi) is 5.08. The van der Waals surface area contributed by atoms with Crippen molar-refractivity contribution in [3.63, 3.8) is 0 Å². The molecule has 9 heteroatoms. The highest BCUT2D eigenvalue weighted by Crippen LogP contribution is 2.19. The molecule has 0 aromatic heterocycles. The van der Waals surface area contributed by atoms with E-state index in [0.717, 1.165) is 0 Å². The Bertz CT molecular complexity index is 691. The van der Waals surface area contributed by atoms with Crippen LogP contribution < -0.4 is 10.7 Å². The molecule has 1 atom stereocenters. The molecular weight excluding hydrogens is 338 g/mol. The van der Waals surface area contributed by atoms with Crippen molar-refractivity contribution in [2.75, 3.05) is 6.61 Å². The summed E-state index contributed by atoms with van der Waals surface area (Å²) in [7, 11) is 0. The first-order valence-electron chi connectivity index (χ1n) is 7.15. The fourth-order valence-electron chi connectivity index (χ4n) is 1.98. The third-order valence-electron chi connectivity index (χ3n) is 3.62. The normalized spacial score (nSPS) is 19.9. The summed E-state index contributed by atoms with van der Waals surface area (Å²) in [5.74, 6) is -2.11. The minimum atomic E-state index is -1.07. The van der Waals surface area contributed by atoms with Gasteiger partial charge in [-0.15, -0.1) is 0 Å². The molecular formula is C15H16ClN3O5. The predicted octanol–water partition coefficient (Wildman–Crippen LogP) is 1.25. The van der Waals surface area contributed by atoms with Crippen LogP contribution in [0.3, 0.4) is 0 Å². The monoisotopic (exact) mass is 353 g/mol. The highest BCUT2D eigenvalue weighted by Gasteiger charge is 2.47. The summed E-state index contributed by atoms with van der Waals surface area (Å²) >= 11 is 5.71. The number of carbonyl (C=O) groups is 4. The van der Waals surface area contributed by atoms with Gasteiger partial charge in [-0.3, -0.25) is 15.0 Å². The Morgan fingerprint density at radius 3 is 2.46 bits per heavy atom. The van der Waals surface area contributed by atoms with Crippen LogP contribution in [-0.4, -0.2) is 41.0 Å². The molecule has 1 aliphatic rings. The average molecular weight is 354 g/mol. The second-order valence-electron chi connectivity index (χ2n) is 5.37. The van der Waals surface area contributed by atoms with Gasteiger partial charge in [-0.1, -0.05) is 18.5 Å². The van der Waals surface area contributed by atoms with Gasteiger partial charge in [0.25, 0.3) is 11.8 Å². The zero-order valence-corrected chi connectivity index (χ0v) is 13.8. The lowest BCUT2D eigenvalue weighted by Crippen LogP contribution is -2.49. The Morgan fingerprint density at radius 1 is 1.29 bits per heavy atom. The van der Waals surface area contributed by atoms with Gasteiger partial charge in [-0.25, -0.2) is 9.59 Å². The van der Waals surface area contributed by atoms with Crippen LogP contribution in [-0.2, 0) is 14.3 Å². The van der Waals surface area contributed by atoms with Crippen molar-refractivity contribution in [1.82, 2.24) is 15.8 Å². The Morgan fingerprint density at radius 2 is 1.92 bits per heavy atom. The van der Waals surface area contributed by atoms with E-state index in [0.29, 0.717) is 16.5 Å². The topological polar surface area (TPSA) is 105 Å². The van der Waals surface area contributed by atoms with Crippen LogP contribution in [0.2, 0.25) is 5.02 Å². The molecule has 128 valence electrons. The van der Waals surface area contributed by atoms with Crippen molar-refractivity contribution in [3.8, 4) is 0 Å². The predicted molar refractivity (Wildman–Crippen MR) is 84.0 cm³/mol. The van der Waals surface area contributed by atoms with Crippen LogP contribution in [0.15, 0.2) is 24.3 Å². The number of hydrogen-bond donors (Lipinski definition) is 2. The number of hydrazine groups is 1. The molecule has 1 aromatic carbocycles. The largest absolute Gasteiger partial charge is 0.452 e.